The van der Waals surface area contributed by atoms with Crippen LogP contribution in [0.25, 0.3) is 0 Å². The van der Waals surface area contributed by atoms with Gasteiger partial charge in [-0.25, -0.2) is 0 Å². The third-order valence-corrected chi connectivity index (χ3v) is 0. The lowest BCUT2D eigenvalue weighted by atomic mass is 10.8. The molecule has 0 aromatic heterocycles. The predicted octanol–water partition coefficient (Wildman–Crippen LogP) is -3.58. The Kier molecular flexibility index (Phi) is 7.13. The van der Waals surface area contributed by atoms with E-state index in [1.54, 1.807) is 0 Å². The molecule has 0 fully saturated rings. The quantitative estimate of drug-likeness (QED) is 0.351. The van der Waals surface area contributed by atoms with E-state index in [4.69, 9.17) is 19.2 Å². The molecule has 0 radical (unpaired) electrons. The first kappa shape index (κ1) is 10.9. The average molecular weight is 141 g/mol. The van der Waals surface area contributed by atoms with Crippen molar-refractivity contribution in [2.75, 3.05) is 6.54 Å². The first-order valence-corrected chi connectivity index (χ1v) is 3.40. The average Bonchev–Trinajstić information content (AvgIpc) is 1.27. The molecule has 52 valence electrons. The summed E-state index contributed by atoms with van der Waals surface area (Å²) in [5.74, 6) is 0. The number of hydrogen-bond donors (Lipinski definition) is 1. The van der Waals surface area contributed by atoms with Gasteiger partial charge in [0, 0.05) is 0 Å². The highest BCUT2D eigenvalue weighted by Crippen LogP contribution is 2.03. The van der Waals surface area contributed by atoms with Gasteiger partial charge in [0.05, 0.1) is 6.54 Å². The third-order valence-electron chi connectivity index (χ3n) is 0. The molecule has 0 unspecified atom stereocenters. The first-order valence-electron chi connectivity index (χ1n) is 1.94. The van der Waals surface area contributed by atoms with Crippen LogP contribution in [0.5, 0.6) is 0 Å². The monoisotopic (exact) mass is 141 g/mol. The molecule has 0 aliphatic carbocycles. The van der Waals surface area contributed by atoms with E-state index in [1.165, 1.54) is 0 Å². The highest BCUT2D eigenvalue weighted by Gasteiger charge is 1.44. The zero-order chi connectivity index (χ0) is 7.21. The van der Waals surface area contributed by atoms with Crippen LogP contribution >= 0.6 is 7.82 Å². The summed E-state index contributed by atoms with van der Waals surface area (Å²) in [5, 5.41) is 0. The normalized spacial score (nSPS) is 9.62. The van der Waals surface area contributed by atoms with Gasteiger partial charge in [-0.15, -0.1) is 0 Å². The van der Waals surface area contributed by atoms with Crippen molar-refractivity contribution in [3.05, 3.63) is 0 Å². The maximum atomic E-state index is 8.55. The Morgan fingerprint density at radius 1 is 1.50 bits per heavy atom. The minimum atomic E-state index is -5.39. The van der Waals surface area contributed by atoms with Crippen LogP contribution in [0.4, 0.5) is 0 Å². The molecule has 0 atom stereocenters. The Balaban J connectivity index is 0. The van der Waals surface area contributed by atoms with E-state index in [9.17, 15) is 0 Å². The minimum absolute atomic E-state index is 1.00. The summed E-state index contributed by atoms with van der Waals surface area (Å²) in [5.41, 5.74) is 3.49. The fourth-order valence-electron chi connectivity index (χ4n) is 0. The second-order valence-corrected chi connectivity index (χ2v) is 1.84. The van der Waals surface area contributed by atoms with E-state index < -0.39 is 7.82 Å². The minimum Gasteiger partial charge on any atom is -0.822 e. The molecule has 0 amide bonds. The van der Waals surface area contributed by atoms with Gasteiger partial charge >= 0.3 is 0 Å². The summed E-state index contributed by atoms with van der Waals surface area (Å²) >= 11 is 0. The van der Waals surface area contributed by atoms with Crippen molar-refractivity contribution in [2.24, 2.45) is 0 Å². The Morgan fingerprint density at radius 3 is 1.50 bits per heavy atom. The summed E-state index contributed by atoms with van der Waals surface area (Å²) in [6.07, 6.45) is 0. The van der Waals surface area contributed by atoms with Gasteiger partial charge in [-0.3, -0.25) is 0 Å². The van der Waals surface area contributed by atoms with E-state index in [1.807, 2.05) is 6.92 Å². The topological polar surface area (TPSA) is 114 Å². The van der Waals surface area contributed by atoms with Crippen LogP contribution in [-0.4, -0.2) is 6.54 Å². The summed E-state index contributed by atoms with van der Waals surface area (Å²) in [4.78, 5) is 25.6. The second kappa shape index (κ2) is 5.21. The van der Waals surface area contributed by atoms with Crippen LogP contribution in [0.3, 0.4) is 0 Å². The van der Waals surface area contributed by atoms with E-state index in [0.717, 1.165) is 6.54 Å². The summed E-state index contributed by atoms with van der Waals surface area (Å²) in [7, 11) is -5.39. The van der Waals surface area contributed by atoms with Crippen LogP contribution in [-0.2, 0) is 4.57 Å². The Labute approximate surface area is 47.4 Å². The van der Waals surface area contributed by atoms with Crippen molar-refractivity contribution in [1.29, 1.82) is 0 Å². The molecular formula is C2H8NO4P-2. The van der Waals surface area contributed by atoms with E-state index >= 15 is 0 Å². The van der Waals surface area contributed by atoms with Gasteiger partial charge in [0.25, 0.3) is 0 Å². The number of phosphoric acid groups is 1. The lowest BCUT2D eigenvalue weighted by Crippen LogP contribution is -2.48. The molecule has 0 aromatic carbocycles. The molecule has 0 aromatic rings. The molecule has 0 heterocycles. The van der Waals surface area contributed by atoms with Gasteiger partial charge in [-0.05, 0) is 6.92 Å². The molecule has 8 heavy (non-hydrogen) atoms. The van der Waals surface area contributed by atoms with Crippen LogP contribution in [0.1, 0.15) is 6.92 Å². The Morgan fingerprint density at radius 2 is 1.50 bits per heavy atom. The van der Waals surface area contributed by atoms with Gasteiger partial charge in [0.2, 0.25) is 0 Å². The molecule has 5 nitrogen and oxygen atoms in total. The largest absolute Gasteiger partial charge is 0.822 e. The molecule has 0 rings (SSSR count). The SMILES string of the molecule is CC[NH3+].O=P([O-])([O-])[O-]. The van der Waals surface area contributed by atoms with E-state index in [-0.39, 0.29) is 0 Å². The fourth-order valence-corrected chi connectivity index (χ4v) is 0. The Hall–Kier alpha value is 0.0700. The molecule has 0 spiro atoms. The standard InChI is InChI=1S/C2H7N.H3O4P/c1-2-3;1-5(2,3)4/h2-3H2,1H3;(H3,1,2,3,4)/p-2. The van der Waals surface area contributed by atoms with Crippen molar-refractivity contribution in [1.82, 2.24) is 0 Å². The van der Waals surface area contributed by atoms with Crippen molar-refractivity contribution >= 4 is 7.82 Å². The number of hydrogen-bond acceptors (Lipinski definition) is 4. The van der Waals surface area contributed by atoms with Crippen molar-refractivity contribution in [3.63, 3.8) is 0 Å². The summed E-state index contributed by atoms with van der Waals surface area (Å²) in [6.45, 7) is 3.01. The van der Waals surface area contributed by atoms with Crippen LogP contribution in [0.2, 0.25) is 0 Å². The molecule has 3 N–H and O–H groups in total. The fraction of sp³-hybridized carbons (Fsp3) is 1.00. The summed E-state index contributed by atoms with van der Waals surface area (Å²) < 4.78 is 8.55. The lowest BCUT2D eigenvalue weighted by Gasteiger charge is -2.36. The van der Waals surface area contributed by atoms with Crippen LogP contribution in [0, 0.1) is 0 Å². The number of quaternary nitrogens is 1. The smallest absolute Gasteiger partial charge is 0.0711 e. The van der Waals surface area contributed by atoms with Gasteiger partial charge < -0.3 is 25.0 Å². The predicted molar refractivity (Wildman–Crippen MR) is 21.0 cm³/mol. The molecule has 0 saturated carbocycles. The maximum absolute atomic E-state index is 8.55. The van der Waals surface area contributed by atoms with Crippen molar-refractivity contribution < 1.29 is 25.0 Å². The van der Waals surface area contributed by atoms with Crippen LogP contribution in [0.15, 0.2) is 0 Å². The van der Waals surface area contributed by atoms with Crippen molar-refractivity contribution in [3.8, 4) is 0 Å². The van der Waals surface area contributed by atoms with E-state index in [2.05, 4.69) is 5.73 Å². The molecule has 0 saturated heterocycles. The molecule has 0 bridgehead atoms. The zero-order valence-corrected chi connectivity index (χ0v) is 5.39. The number of rotatable bonds is 0. The third kappa shape index (κ3) is 31800. The molecule has 6 heteroatoms. The van der Waals surface area contributed by atoms with Crippen LogP contribution < -0.4 is 20.4 Å². The molecule has 0 aliphatic rings. The lowest BCUT2D eigenvalue weighted by molar-refractivity contribution is -0.432. The second-order valence-electron chi connectivity index (χ2n) is 0.947. The van der Waals surface area contributed by atoms with E-state index in [0.29, 0.717) is 0 Å². The van der Waals surface area contributed by atoms with Gasteiger partial charge in [-0.1, -0.05) is 0 Å². The van der Waals surface area contributed by atoms with Gasteiger partial charge in [-0.2, -0.15) is 7.82 Å². The summed E-state index contributed by atoms with van der Waals surface area (Å²) in [6, 6.07) is 0. The molecule has 0 aliphatic heterocycles. The Bertz CT molecular complexity index is 69.8. The molecular weight excluding hydrogens is 133 g/mol. The maximum Gasteiger partial charge on any atom is 0.0711 e. The van der Waals surface area contributed by atoms with Crippen molar-refractivity contribution in [2.45, 2.75) is 6.92 Å². The highest BCUT2D eigenvalue weighted by molar-refractivity contribution is 7.40. The zero-order valence-electron chi connectivity index (χ0n) is 4.49. The highest BCUT2D eigenvalue weighted by atomic mass is 31.2. The first-order chi connectivity index (χ1) is 3.41. The van der Waals surface area contributed by atoms with Gasteiger partial charge in [0.15, 0.2) is 0 Å². The van der Waals surface area contributed by atoms with Gasteiger partial charge in [0.1, 0.15) is 0 Å².